The maximum atomic E-state index is 6.09. The van der Waals surface area contributed by atoms with E-state index < -0.39 is 6.04 Å². The first kappa shape index (κ1) is 11.8. The Balaban J connectivity index is 2.43. The van der Waals surface area contributed by atoms with Crippen LogP contribution >= 0.6 is 11.6 Å². The van der Waals surface area contributed by atoms with Gasteiger partial charge in [-0.25, -0.2) is 15.0 Å². The number of aryl methyl sites for hydroxylation is 1. The second kappa shape index (κ2) is 4.65. The van der Waals surface area contributed by atoms with Gasteiger partial charge in [-0.2, -0.15) is 0 Å². The van der Waals surface area contributed by atoms with Crippen molar-refractivity contribution >= 4 is 17.4 Å². The first-order valence-corrected chi connectivity index (χ1v) is 5.42. The van der Waals surface area contributed by atoms with Crippen LogP contribution in [0.25, 0.3) is 0 Å². The van der Waals surface area contributed by atoms with Crippen LogP contribution in [-0.2, 0) is 0 Å². The van der Waals surface area contributed by atoms with Crippen molar-refractivity contribution in [2.75, 3.05) is 5.73 Å². The van der Waals surface area contributed by atoms with Crippen LogP contribution in [0.1, 0.15) is 23.1 Å². The van der Waals surface area contributed by atoms with Gasteiger partial charge in [0, 0.05) is 18.0 Å². The van der Waals surface area contributed by atoms with Gasteiger partial charge in [-0.05, 0) is 19.1 Å². The standard InChI is InChI=1S/C11H12ClN5/c1-6-15-3-2-9(17-6)10(13)8-4-7(12)5-16-11(8)14/h2-5,10H,13H2,1H3,(H2,14,16). The fraction of sp³-hybridized carbons (Fsp3) is 0.182. The smallest absolute Gasteiger partial charge is 0.128 e. The third-order valence-corrected chi connectivity index (χ3v) is 2.57. The van der Waals surface area contributed by atoms with E-state index in [1.54, 1.807) is 25.3 Å². The molecule has 0 bridgehead atoms. The molecule has 0 saturated carbocycles. The Morgan fingerprint density at radius 2 is 2.12 bits per heavy atom. The summed E-state index contributed by atoms with van der Waals surface area (Å²) in [6, 6.07) is 2.99. The molecule has 2 aromatic heterocycles. The number of nitrogen functional groups attached to an aromatic ring is 1. The molecule has 0 amide bonds. The number of anilines is 1. The zero-order valence-corrected chi connectivity index (χ0v) is 10.0. The van der Waals surface area contributed by atoms with Crippen LogP contribution in [0.4, 0.5) is 5.82 Å². The monoisotopic (exact) mass is 249 g/mol. The maximum absolute atomic E-state index is 6.09. The molecule has 5 nitrogen and oxygen atoms in total. The van der Waals surface area contributed by atoms with Gasteiger partial charge in [-0.15, -0.1) is 0 Å². The van der Waals surface area contributed by atoms with E-state index in [1.807, 2.05) is 0 Å². The molecule has 0 spiro atoms. The van der Waals surface area contributed by atoms with Gasteiger partial charge >= 0.3 is 0 Å². The van der Waals surface area contributed by atoms with Crippen molar-refractivity contribution in [2.45, 2.75) is 13.0 Å². The molecule has 0 aliphatic rings. The minimum absolute atomic E-state index is 0.359. The fourth-order valence-electron chi connectivity index (χ4n) is 1.52. The summed E-state index contributed by atoms with van der Waals surface area (Å²) in [4.78, 5) is 12.2. The summed E-state index contributed by atoms with van der Waals surface area (Å²) in [7, 11) is 0. The Morgan fingerprint density at radius 3 is 2.82 bits per heavy atom. The van der Waals surface area contributed by atoms with Gasteiger partial charge in [0.05, 0.1) is 16.8 Å². The van der Waals surface area contributed by atoms with E-state index in [1.165, 1.54) is 6.20 Å². The summed E-state index contributed by atoms with van der Waals surface area (Å²) in [6.07, 6.45) is 3.14. The van der Waals surface area contributed by atoms with Crippen LogP contribution in [0.2, 0.25) is 5.02 Å². The molecule has 0 radical (unpaired) electrons. The van der Waals surface area contributed by atoms with E-state index >= 15 is 0 Å². The Morgan fingerprint density at radius 1 is 1.35 bits per heavy atom. The molecule has 0 fully saturated rings. The van der Waals surface area contributed by atoms with E-state index in [-0.39, 0.29) is 0 Å². The zero-order valence-electron chi connectivity index (χ0n) is 9.26. The molecule has 6 heteroatoms. The minimum Gasteiger partial charge on any atom is -0.383 e. The van der Waals surface area contributed by atoms with Crippen molar-refractivity contribution in [1.29, 1.82) is 0 Å². The quantitative estimate of drug-likeness (QED) is 0.841. The molecule has 88 valence electrons. The number of nitrogens with two attached hydrogens (primary N) is 2. The van der Waals surface area contributed by atoms with Crippen LogP contribution in [0.5, 0.6) is 0 Å². The van der Waals surface area contributed by atoms with Gasteiger partial charge in [0.1, 0.15) is 11.6 Å². The molecule has 2 rings (SSSR count). The van der Waals surface area contributed by atoms with E-state index in [9.17, 15) is 0 Å². The van der Waals surface area contributed by atoms with E-state index in [0.29, 0.717) is 27.9 Å². The van der Waals surface area contributed by atoms with Crippen LogP contribution in [0.15, 0.2) is 24.5 Å². The van der Waals surface area contributed by atoms with Gasteiger partial charge in [-0.1, -0.05) is 11.6 Å². The molecule has 2 heterocycles. The molecule has 0 aromatic carbocycles. The maximum Gasteiger partial charge on any atom is 0.128 e. The lowest BCUT2D eigenvalue weighted by atomic mass is 10.1. The molecule has 2 aromatic rings. The number of rotatable bonds is 2. The number of pyridine rings is 1. The van der Waals surface area contributed by atoms with Crippen LogP contribution in [0.3, 0.4) is 0 Å². The second-order valence-corrected chi connectivity index (χ2v) is 4.07. The topological polar surface area (TPSA) is 90.7 Å². The highest BCUT2D eigenvalue weighted by Crippen LogP contribution is 2.24. The fourth-order valence-corrected chi connectivity index (χ4v) is 1.69. The van der Waals surface area contributed by atoms with E-state index in [4.69, 9.17) is 23.1 Å². The summed E-state index contributed by atoms with van der Waals surface area (Å²) in [5.74, 6) is 1.02. The van der Waals surface area contributed by atoms with Crippen LogP contribution in [-0.4, -0.2) is 15.0 Å². The first-order chi connectivity index (χ1) is 8.08. The summed E-state index contributed by atoms with van der Waals surface area (Å²) < 4.78 is 0. The Bertz CT molecular complexity index is 543. The number of hydrogen-bond acceptors (Lipinski definition) is 5. The molecule has 0 saturated heterocycles. The lowest BCUT2D eigenvalue weighted by molar-refractivity contribution is 0.805. The summed E-state index contributed by atoms with van der Waals surface area (Å²) in [5, 5.41) is 0.496. The highest BCUT2D eigenvalue weighted by Gasteiger charge is 2.15. The molecule has 0 aliphatic carbocycles. The van der Waals surface area contributed by atoms with Crippen molar-refractivity contribution in [1.82, 2.24) is 15.0 Å². The highest BCUT2D eigenvalue weighted by molar-refractivity contribution is 6.30. The first-order valence-electron chi connectivity index (χ1n) is 5.04. The Hall–Kier alpha value is -1.72. The van der Waals surface area contributed by atoms with Crippen molar-refractivity contribution < 1.29 is 0 Å². The lowest BCUT2D eigenvalue weighted by Crippen LogP contribution is -2.16. The van der Waals surface area contributed by atoms with E-state index in [2.05, 4.69) is 15.0 Å². The van der Waals surface area contributed by atoms with Crippen molar-refractivity contribution in [3.05, 3.63) is 46.6 Å². The zero-order chi connectivity index (χ0) is 12.4. The summed E-state index contributed by atoms with van der Waals surface area (Å²) in [6.45, 7) is 1.80. The van der Waals surface area contributed by atoms with Gasteiger partial charge in [0.25, 0.3) is 0 Å². The van der Waals surface area contributed by atoms with Gasteiger partial charge in [0.2, 0.25) is 0 Å². The predicted molar refractivity (Wildman–Crippen MR) is 66.5 cm³/mol. The molecule has 0 aliphatic heterocycles. The summed E-state index contributed by atoms with van der Waals surface area (Å²) >= 11 is 5.87. The Labute approximate surface area is 104 Å². The molecular weight excluding hydrogens is 238 g/mol. The molecule has 4 N–H and O–H groups in total. The molecule has 1 unspecified atom stereocenters. The lowest BCUT2D eigenvalue weighted by Gasteiger charge is -2.13. The van der Waals surface area contributed by atoms with Gasteiger partial charge < -0.3 is 11.5 Å². The predicted octanol–water partition coefficient (Wildman–Crippen LogP) is 1.46. The number of aromatic nitrogens is 3. The third-order valence-electron chi connectivity index (χ3n) is 2.37. The summed E-state index contributed by atoms with van der Waals surface area (Å²) in [5.41, 5.74) is 13.2. The second-order valence-electron chi connectivity index (χ2n) is 3.63. The third kappa shape index (κ3) is 2.51. The molecule has 1 atom stereocenters. The van der Waals surface area contributed by atoms with Gasteiger partial charge in [-0.3, -0.25) is 0 Å². The average molecular weight is 250 g/mol. The largest absolute Gasteiger partial charge is 0.383 e. The minimum atomic E-state index is -0.456. The van der Waals surface area contributed by atoms with E-state index in [0.717, 1.165) is 0 Å². The molecular formula is C11H12ClN5. The number of hydrogen-bond donors (Lipinski definition) is 2. The van der Waals surface area contributed by atoms with Gasteiger partial charge in [0.15, 0.2) is 0 Å². The average Bonchev–Trinajstić information content (AvgIpc) is 2.31. The SMILES string of the molecule is Cc1nccc(C(N)c2cc(Cl)cnc2N)n1. The molecule has 17 heavy (non-hydrogen) atoms. The van der Waals surface area contributed by atoms with Crippen LogP contribution < -0.4 is 11.5 Å². The van der Waals surface area contributed by atoms with Crippen molar-refractivity contribution in [3.63, 3.8) is 0 Å². The highest BCUT2D eigenvalue weighted by atomic mass is 35.5. The number of nitrogens with zero attached hydrogens (tertiary/aromatic N) is 3. The normalized spacial score (nSPS) is 12.4. The van der Waals surface area contributed by atoms with Crippen molar-refractivity contribution in [2.24, 2.45) is 5.73 Å². The number of halogens is 1. The van der Waals surface area contributed by atoms with Crippen LogP contribution in [0, 0.1) is 6.92 Å². The van der Waals surface area contributed by atoms with Crippen molar-refractivity contribution in [3.8, 4) is 0 Å². The Kier molecular flexibility index (Phi) is 3.21.